The van der Waals surface area contributed by atoms with Crippen LogP contribution in [0.5, 0.6) is 5.75 Å². The van der Waals surface area contributed by atoms with E-state index >= 15 is 0 Å². The fourth-order valence-corrected chi connectivity index (χ4v) is 3.41. The minimum absolute atomic E-state index is 0.0572. The second-order valence-corrected chi connectivity index (χ2v) is 6.57. The number of methoxy groups -OCH3 is 1. The van der Waals surface area contributed by atoms with Crippen molar-refractivity contribution in [2.45, 2.75) is 18.4 Å². The molecule has 2 rings (SSSR count). The van der Waals surface area contributed by atoms with Crippen molar-refractivity contribution in [3.63, 3.8) is 0 Å². The summed E-state index contributed by atoms with van der Waals surface area (Å²) in [5.74, 6) is 0.619. The topological polar surface area (TPSA) is 98.5 Å². The number of rotatable bonds is 6. The number of nitro groups is 1. The second kappa shape index (κ2) is 6.76. The van der Waals surface area contributed by atoms with Crippen LogP contribution in [0.2, 0.25) is 0 Å². The van der Waals surface area contributed by atoms with E-state index in [1.54, 1.807) is 24.3 Å². The van der Waals surface area contributed by atoms with Gasteiger partial charge in [0, 0.05) is 18.2 Å². The highest BCUT2D eigenvalue weighted by Crippen LogP contribution is 2.24. The SMILES string of the molecule is COc1cccc(CNS(=O)(=O)c2cccc([N+](=O)[O-])c2C)c1. The van der Waals surface area contributed by atoms with Crippen LogP contribution in [0.1, 0.15) is 11.1 Å². The van der Waals surface area contributed by atoms with Gasteiger partial charge < -0.3 is 4.74 Å². The number of nitrogens with one attached hydrogen (secondary N) is 1. The van der Waals surface area contributed by atoms with Gasteiger partial charge in [0.15, 0.2) is 0 Å². The molecule has 0 saturated carbocycles. The van der Waals surface area contributed by atoms with Crippen LogP contribution in [0.15, 0.2) is 47.4 Å². The maximum atomic E-state index is 12.4. The van der Waals surface area contributed by atoms with E-state index in [0.29, 0.717) is 5.75 Å². The Morgan fingerprint density at radius 2 is 1.91 bits per heavy atom. The Hall–Kier alpha value is -2.45. The van der Waals surface area contributed by atoms with Crippen LogP contribution in [0.3, 0.4) is 0 Å². The number of hydrogen-bond acceptors (Lipinski definition) is 5. The van der Waals surface area contributed by atoms with E-state index in [1.807, 2.05) is 0 Å². The molecule has 0 fully saturated rings. The number of benzene rings is 2. The van der Waals surface area contributed by atoms with Gasteiger partial charge in [0.2, 0.25) is 10.0 Å². The van der Waals surface area contributed by atoms with Gasteiger partial charge in [-0.05, 0) is 30.7 Å². The molecule has 0 unspecified atom stereocenters. The zero-order valence-electron chi connectivity index (χ0n) is 12.6. The van der Waals surface area contributed by atoms with Crippen molar-refractivity contribution in [1.82, 2.24) is 4.72 Å². The fourth-order valence-electron chi connectivity index (χ4n) is 2.13. The Bertz CT molecular complexity index is 834. The number of nitro benzene ring substituents is 1. The molecule has 122 valence electrons. The summed E-state index contributed by atoms with van der Waals surface area (Å²) < 4.78 is 32.3. The highest BCUT2D eigenvalue weighted by Gasteiger charge is 2.22. The first-order valence-electron chi connectivity index (χ1n) is 6.72. The lowest BCUT2D eigenvalue weighted by atomic mass is 10.2. The Morgan fingerprint density at radius 3 is 2.57 bits per heavy atom. The molecule has 2 aromatic rings. The molecule has 0 aromatic heterocycles. The van der Waals surface area contributed by atoms with Gasteiger partial charge in [0.1, 0.15) is 5.75 Å². The molecule has 0 aliphatic heterocycles. The summed E-state index contributed by atoms with van der Waals surface area (Å²) in [6.07, 6.45) is 0. The molecule has 0 bridgehead atoms. The molecule has 0 amide bonds. The molecule has 0 heterocycles. The van der Waals surface area contributed by atoms with Crippen LogP contribution >= 0.6 is 0 Å². The van der Waals surface area contributed by atoms with Gasteiger partial charge in [0.25, 0.3) is 5.69 Å². The summed E-state index contributed by atoms with van der Waals surface area (Å²) in [4.78, 5) is 10.2. The van der Waals surface area contributed by atoms with Crippen LogP contribution in [-0.4, -0.2) is 20.5 Å². The summed E-state index contributed by atoms with van der Waals surface area (Å²) in [5, 5.41) is 10.9. The van der Waals surface area contributed by atoms with Gasteiger partial charge in [-0.25, -0.2) is 13.1 Å². The minimum atomic E-state index is -3.86. The predicted molar refractivity (Wildman–Crippen MR) is 84.9 cm³/mol. The van der Waals surface area contributed by atoms with Gasteiger partial charge in [0.05, 0.1) is 16.9 Å². The molecule has 0 spiro atoms. The van der Waals surface area contributed by atoms with E-state index < -0.39 is 14.9 Å². The first-order chi connectivity index (χ1) is 10.8. The van der Waals surface area contributed by atoms with Gasteiger partial charge in [-0.3, -0.25) is 10.1 Å². The molecular weight excluding hydrogens is 320 g/mol. The standard InChI is InChI=1S/C15H16N2O5S/c1-11-14(17(18)19)7-4-8-15(11)23(20,21)16-10-12-5-3-6-13(9-12)22-2/h3-9,16H,10H2,1-2H3. The van der Waals surface area contributed by atoms with Gasteiger partial charge in [-0.1, -0.05) is 18.2 Å². The Balaban J connectivity index is 2.25. The zero-order valence-corrected chi connectivity index (χ0v) is 13.5. The molecule has 2 aromatic carbocycles. The summed E-state index contributed by atoms with van der Waals surface area (Å²) in [6.45, 7) is 1.47. The normalized spacial score (nSPS) is 11.2. The Labute approximate surface area is 134 Å². The maximum Gasteiger partial charge on any atom is 0.273 e. The highest BCUT2D eigenvalue weighted by molar-refractivity contribution is 7.89. The van der Waals surface area contributed by atoms with Crippen molar-refractivity contribution >= 4 is 15.7 Å². The number of nitrogens with zero attached hydrogens (tertiary/aromatic N) is 1. The third-order valence-corrected chi connectivity index (χ3v) is 4.89. The molecule has 0 aliphatic rings. The quantitative estimate of drug-likeness (QED) is 0.645. The second-order valence-electron chi connectivity index (χ2n) is 4.83. The smallest absolute Gasteiger partial charge is 0.273 e. The third-order valence-electron chi connectivity index (χ3n) is 3.34. The molecule has 8 heteroatoms. The average Bonchev–Trinajstić information content (AvgIpc) is 2.53. The lowest BCUT2D eigenvalue weighted by Gasteiger charge is -2.10. The monoisotopic (exact) mass is 336 g/mol. The van der Waals surface area contributed by atoms with E-state index in [2.05, 4.69) is 4.72 Å². The van der Waals surface area contributed by atoms with Gasteiger partial charge in [-0.2, -0.15) is 0 Å². The number of ether oxygens (including phenoxy) is 1. The number of sulfonamides is 1. The van der Waals surface area contributed by atoms with E-state index in [9.17, 15) is 18.5 Å². The van der Waals surface area contributed by atoms with E-state index in [1.165, 1.54) is 32.2 Å². The molecule has 0 radical (unpaired) electrons. The van der Waals surface area contributed by atoms with Crippen molar-refractivity contribution in [2.24, 2.45) is 0 Å². The highest BCUT2D eigenvalue weighted by atomic mass is 32.2. The van der Waals surface area contributed by atoms with E-state index in [-0.39, 0.29) is 22.7 Å². The Morgan fingerprint density at radius 1 is 1.22 bits per heavy atom. The van der Waals surface area contributed by atoms with E-state index in [4.69, 9.17) is 4.74 Å². The third kappa shape index (κ3) is 3.85. The first-order valence-corrected chi connectivity index (χ1v) is 8.20. The van der Waals surface area contributed by atoms with Crippen LogP contribution in [0.25, 0.3) is 0 Å². The van der Waals surface area contributed by atoms with Crippen molar-refractivity contribution < 1.29 is 18.1 Å². The molecule has 7 nitrogen and oxygen atoms in total. The number of hydrogen-bond donors (Lipinski definition) is 1. The summed E-state index contributed by atoms with van der Waals surface area (Å²) in [5.41, 5.74) is 0.598. The zero-order chi connectivity index (χ0) is 17.0. The maximum absolute atomic E-state index is 12.4. The molecule has 1 N–H and O–H groups in total. The molecule has 0 atom stereocenters. The fraction of sp³-hybridized carbons (Fsp3) is 0.200. The lowest BCUT2D eigenvalue weighted by molar-refractivity contribution is -0.385. The van der Waals surface area contributed by atoms with Crippen LogP contribution in [-0.2, 0) is 16.6 Å². The minimum Gasteiger partial charge on any atom is -0.497 e. The van der Waals surface area contributed by atoms with Crippen LogP contribution < -0.4 is 9.46 Å². The molecule has 23 heavy (non-hydrogen) atoms. The molecule has 0 aliphatic carbocycles. The van der Waals surface area contributed by atoms with Crippen molar-refractivity contribution in [3.8, 4) is 5.75 Å². The summed E-state index contributed by atoms with van der Waals surface area (Å²) in [7, 11) is -2.34. The van der Waals surface area contributed by atoms with Crippen molar-refractivity contribution in [1.29, 1.82) is 0 Å². The summed E-state index contributed by atoms with van der Waals surface area (Å²) >= 11 is 0. The van der Waals surface area contributed by atoms with Gasteiger partial charge >= 0.3 is 0 Å². The Kier molecular flexibility index (Phi) is 4.97. The van der Waals surface area contributed by atoms with Gasteiger partial charge in [-0.15, -0.1) is 0 Å². The summed E-state index contributed by atoms with van der Waals surface area (Å²) in [6, 6.07) is 10.9. The molecule has 0 saturated heterocycles. The largest absolute Gasteiger partial charge is 0.497 e. The van der Waals surface area contributed by atoms with Crippen LogP contribution in [0.4, 0.5) is 5.69 Å². The van der Waals surface area contributed by atoms with E-state index in [0.717, 1.165) is 5.56 Å². The van der Waals surface area contributed by atoms with Crippen molar-refractivity contribution in [3.05, 3.63) is 63.7 Å². The lowest BCUT2D eigenvalue weighted by Crippen LogP contribution is -2.24. The first kappa shape index (κ1) is 16.9. The van der Waals surface area contributed by atoms with Crippen molar-refractivity contribution in [2.75, 3.05) is 7.11 Å². The molecular formula is C15H16N2O5S. The average molecular weight is 336 g/mol. The van der Waals surface area contributed by atoms with Crippen LogP contribution in [0, 0.1) is 17.0 Å². The predicted octanol–water partition coefficient (Wildman–Crippen LogP) is 2.39.